The highest BCUT2D eigenvalue weighted by Crippen LogP contribution is 2.40. The van der Waals surface area contributed by atoms with Crippen LogP contribution in [0, 0.1) is 0 Å². The van der Waals surface area contributed by atoms with Crippen LogP contribution in [-0.4, -0.2) is 26.6 Å². The van der Waals surface area contributed by atoms with E-state index in [-0.39, 0.29) is 11.7 Å². The number of rotatable bonds is 6. The number of nitrogens with zero attached hydrogens (tertiary/aromatic N) is 4. The Morgan fingerprint density at radius 1 is 1.04 bits per heavy atom. The first kappa shape index (κ1) is 20.3. The number of benzene rings is 1. The number of thioether (sulfide) groups is 1. The number of carbonyl (C=O) groups excluding carboxylic acids is 2. The van der Waals surface area contributed by atoms with E-state index in [4.69, 9.17) is 0 Å². The van der Waals surface area contributed by atoms with Gasteiger partial charge >= 0.3 is 0 Å². The van der Waals surface area contributed by atoms with E-state index in [0.717, 1.165) is 5.56 Å². The maximum atomic E-state index is 13.0. The molecule has 148 valence electrons. The molecular formula is C21H26N4O2S. The van der Waals surface area contributed by atoms with E-state index in [1.165, 1.54) is 17.3 Å². The number of allylic oxidation sites excluding steroid dienone is 1. The fourth-order valence-electron chi connectivity index (χ4n) is 3.13. The van der Waals surface area contributed by atoms with Gasteiger partial charge in [0.15, 0.2) is 11.6 Å². The number of hydrogen-bond donors (Lipinski definition) is 0. The zero-order valence-electron chi connectivity index (χ0n) is 17.0. The summed E-state index contributed by atoms with van der Waals surface area (Å²) in [6, 6.07) is 8.10. The van der Waals surface area contributed by atoms with Crippen LogP contribution in [0.15, 0.2) is 34.3 Å². The first-order valence-electron chi connectivity index (χ1n) is 9.75. The zero-order chi connectivity index (χ0) is 20.4. The van der Waals surface area contributed by atoms with Crippen molar-refractivity contribution in [3.05, 3.63) is 46.1 Å². The topological polar surface area (TPSA) is 68.1 Å². The lowest BCUT2D eigenvalue weighted by molar-refractivity contribution is -0.119. The number of aryl methyl sites for hydroxylation is 1. The second-order valence-electron chi connectivity index (χ2n) is 6.96. The minimum Gasteiger partial charge on any atom is -0.294 e. The largest absolute Gasteiger partial charge is 0.294 e. The van der Waals surface area contributed by atoms with Gasteiger partial charge in [0.2, 0.25) is 11.1 Å². The Balaban J connectivity index is 2.25. The van der Waals surface area contributed by atoms with Crippen molar-refractivity contribution in [2.45, 2.75) is 65.0 Å². The molecule has 1 amide bonds. The third-order valence-electron chi connectivity index (χ3n) is 4.78. The normalized spacial score (nSPS) is 13.9. The van der Waals surface area contributed by atoms with Crippen LogP contribution in [0.2, 0.25) is 0 Å². The van der Waals surface area contributed by atoms with Crippen LogP contribution >= 0.6 is 11.8 Å². The molecule has 0 saturated heterocycles. The molecule has 1 aromatic carbocycles. The molecule has 1 aromatic heterocycles. The molecule has 3 rings (SSSR count). The molecule has 2 aromatic rings. The first-order chi connectivity index (χ1) is 13.4. The molecule has 0 unspecified atom stereocenters. The van der Waals surface area contributed by atoms with Gasteiger partial charge in [0.25, 0.3) is 0 Å². The van der Waals surface area contributed by atoms with E-state index in [1.807, 2.05) is 32.9 Å². The summed E-state index contributed by atoms with van der Waals surface area (Å²) >= 11 is 1.30. The van der Waals surface area contributed by atoms with E-state index in [0.29, 0.717) is 46.8 Å². The SMILES string of the molecule is CCC(=O)C1=C(c2ccc(C(C)C)cc2)N(C(=O)CC)n2c(CC)nnc2S1. The summed E-state index contributed by atoms with van der Waals surface area (Å²) in [7, 11) is 0. The molecule has 0 bridgehead atoms. The van der Waals surface area contributed by atoms with Crippen molar-refractivity contribution in [1.29, 1.82) is 0 Å². The highest BCUT2D eigenvalue weighted by Gasteiger charge is 2.35. The van der Waals surface area contributed by atoms with Crippen molar-refractivity contribution < 1.29 is 9.59 Å². The lowest BCUT2D eigenvalue weighted by Gasteiger charge is -2.33. The Hall–Kier alpha value is -2.41. The smallest absolute Gasteiger partial charge is 0.246 e. The maximum absolute atomic E-state index is 13.0. The highest BCUT2D eigenvalue weighted by molar-refractivity contribution is 8.04. The molecule has 1 aliphatic heterocycles. The van der Waals surface area contributed by atoms with E-state index in [1.54, 1.807) is 9.69 Å². The van der Waals surface area contributed by atoms with E-state index < -0.39 is 0 Å². The average molecular weight is 399 g/mol. The fourth-order valence-corrected chi connectivity index (χ4v) is 4.23. The van der Waals surface area contributed by atoms with Gasteiger partial charge in [-0.3, -0.25) is 9.59 Å². The van der Waals surface area contributed by atoms with Crippen molar-refractivity contribution in [1.82, 2.24) is 14.9 Å². The number of carbonyl (C=O) groups is 2. The van der Waals surface area contributed by atoms with Crippen molar-refractivity contribution in [3.8, 4) is 0 Å². The van der Waals surface area contributed by atoms with Crippen molar-refractivity contribution in [2.24, 2.45) is 0 Å². The Bertz CT molecular complexity index is 928. The summed E-state index contributed by atoms with van der Waals surface area (Å²) in [6.45, 7) is 9.91. The lowest BCUT2D eigenvalue weighted by Crippen LogP contribution is -2.42. The summed E-state index contributed by atoms with van der Waals surface area (Å²) in [4.78, 5) is 26.3. The number of ketones is 1. The third kappa shape index (κ3) is 3.51. The molecule has 0 N–H and O–H groups in total. The van der Waals surface area contributed by atoms with Crippen LogP contribution in [-0.2, 0) is 16.0 Å². The molecule has 28 heavy (non-hydrogen) atoms. The van der Waals surface area contributed by atoms with Gasteiger partial charge in [-0.2, -0.15) is 0 Å². The summed E-state index contributed by atoms with van der Waals surface area (Å²) in [5.41, 5.74) is 2.68. The minimum atomic E-state index is -0.0969. The van der Waals surface area contributed by atoms with Gasteiger partial charge in [0.1, 0.15) is 0 Å². The van der Waals surface area contributed by atoms with Crippen molar-refractivity contribution in [2.75, 3.05) is 5.01 Å². The van der Waals surface area contributed by atoms with Crippen LogP contribution in [0.3, 0.4) is 0 Å². The molecule has 0 spiro atoms. The van der Waals surface area contributed by atoms with Gasteiger partial charge in [-0.05, 0) is 23.2 Å². The van der Waals surface area contributed by atoms with Crippen LogP contribution in [0.25, 0.3) is 5.70 Å². The molecule has 0 atom stereocenters. The molecule has 0 saturated carbocycles. The summed E-state index contributed by atoms with van der Waals surface area (Å²) in [5, 5.41) is 10.6. The lowest BCUT2D eigenvalue weighted by atomic mass is 10.00. The molecule has 6 nitrogen and oxygen atoms in total. The predicted molar refractivity (Wildman–Crippen MR) is 112 cm³/mol. The summed E-state index contributed by atoms with van der Waals surface area (Å²) in [6.07, 6.45) is 1.31. The van der Waals surface area contributed by atoms with E-state index in [2.05, 4.69) is 36.2 Å². The second kappa shape index (κ2) is 8.31. The van der Waals surface area contributed by atoms with Crippen molar-refractivity contribution in [3.63, 3.8) is 0 Å². The Labute approximate surface area is 170 Å². The molecule has 0 aliphatic carbocycles. The highest BCUT2D eigenvalue weighted by atomic mass is 32.2. The zero-order valence-corrected chi connectivity index (χ0v) is 17.8. The summed E-state index contributed by atoms with van der Waals surface area (Å²) in [5.74, 6) is 1.00. The maximum Gasteiger partial charge on any atom is 0.246 e. The standard InChI is InChI=1S/C21H26N4O2S/c1-6-16(26)20-19(15-11-9-14(10-12-15)13(4)5)25(18(27)8-3)24-17(7-2)22-23-21(24)28-20/h9-13H,6-8H2,1-5H3. The summed E-state index contributed by atoms with van der Waals surface area (Å²) < 4.78 is 1.76. The Morgan fingerprint density at radius 3 is 2.25 bits per heavy atom. The van der Waals surface area contributed by atoms with Crippen molar-refractivity contribution >= 4 is 29.1 Å². The first-order valence-corrected chi connectivity index (χ1v) is 10.6. The van der Waals surface area contributed by atoms with Gasteiger partial charge in [-0.15, -0.1) is 10.2 Å². The van der Waals surface area contributed by atoms with Gasteiger partial charge in [-0.25, -0.2) is 9.69 Å². The third-order valence-corrected chi connectivity index (χ3v) is 5.84. The van der Waals surface area contributed by atoms with Gasteiger partial charge in [-0.1, -0.05) is 58.9 Å². The minimum absolute atomic E-state index is 0.00543. The number of aromatic nitrogens is 3. The monoisotopic (exact) mass is 398 g/mol. The Kier molecular flexibility index (Phi) is 6.03. The quantitative estimate of drug-likeness (QED) is 0.726. The number of Topliss-reactive ketones (excluding diaryl/α,β-unsaturated/α-hetero) is 1. The van der Waals surface area contributed by atoms with Crippen LogP contribution in [0.1, 0.15) is 70.3 Å². The van der Waals surface area contributed by atoms with Gasteiger partial charge in [0.05, 0.1) is 10.6 Å². The number of fused-ring (bicyclic) bond motifs is 1. The molecule has 0 fully saturated rings. The number of amides is 1. The number of hydrogen-bond acceptors (Lipinski definition) is 5. The van der Waals surface area contributed by atoms with Crippen LogP contribution in [0.4, 0.5) is 0 Å². The fraction of sp³-hybridized carbons (Fsp3) is 0.429. The van der Waals surface area contributed by atoms with Crippen LogP contribution < -0.4 is 5.01 Å². The Morgan fingerprint density at radius 2 is 1.71 bits per heavy atom. The molecule has 1 aliphatic rings. The second-order valence-corrected chi connectivity index (χ2v) is 7.93. The van der Waals surface area contributed by atoms with Gasteiger partial charge in [0, 0.05) is 24.8 Å². The molecule has 0 radical (unpaired) electrons. The van der Waals surface area contributed by atoms with E-state index >= 15 is 0 Å². The van der Waals surface area contributed by atoms with E-state index in [9.17, 15) is 9.59 Å². The molecule has 2 heterocycles. The van der Waals surface area contributed by atoms with Gasteiger partial charge < -0.3 is 0 Å². The molecule has 7 heteroatoms. The average Bonchev–Trinajstić information content (AvgIpc) is 3.14. The predicted octanol–water partition coefficient (Wildman–Crippen LogP) is 4.29. The van der Waals surface area contributed by atoms with Crippen LogP contribution in [0.5, 0.6) is 0 Å². The molecular weight excluding hydrogens is 372 g/mol.